The van der Waals surface area contributed by atoms with E-state index in [2.05, 4.69) is 22.8 Å². The number of nitrogens with one attached hydrogen (secondary N) is 2. The molecule has 0 aliphatic carbocycles. The Bertz CT molecular complexity index is 617. The lowest BCUT2D eigenvalue weighted by Gasteiger charge is -2.08. The van der Waals surface area contributed by atoms with Crippen LogP contribution in [0.5, 0.6) is 5.75 Å². The summed E-state index contributed by atoms with van der Waals surface area (Å²) in [5.41, 5.74) is 2.44. The van der Waals surface area contributed by atoms with Crippen molar-refractivity contribution in [1.29, 1.82) is 0 Å². The molecule has 2 rings (SSSR count). The lowest BCUT2D eigenvalue weighted by atomic mass is 10.1. The van der Waals surface area contributed by atoms with E-state index in [-0.39, 0.29) is 0 Å². The summed E-state index contributed by atoms with van der Waals surface area (Å²) in [6.45, 7) is 3.76. The maximum Gasteiger partial charge on any atom is 0.118 e. The molecule has 0 fully saturated rings. The molecule has 0 amide bonds. The smallest absolute Gasteiger partial charge is 0.118 e. The average molecular weight is 367 g/mol. The van der Waals surface area contributed by atoms with Crippen molar-refractivity contribution in [3.05, 3.63) is 63.6 Å². The quantitative estimate of drug-likeness (QED) is 0.624. The Morgan fingerprint density at radius 3 is 2.12 bits per heavy atom. The van der Waals surface area contributed by atoms with Crippen molar-refractivity contribution in [2.45, 2.75) is 12.8 Å². The summed E-state index contributed by atoms with van der Waals surface area (Å²) >= 11 is 12.0. The molecule has 3 nitrogen and oxygen atoms in total. The molecule has 0 aromatic heterocycles. The van der Waals surface area contributed by atoms with Gasteiger partial charge in [0.05, 0.1) is 7.11 Å². The zero-order chi connectivity index (χ0) is 17.2. The maximum atomic E-state index is 6.16. The standard InChI is InChI=1S/C19H24Cl2N2O/c1-24-18-6-2-15(3-7-18)8-10-22-12-13-23-11-9-16-4-5-17(20)14-19(16)21/h2-7,14,22-23H,8-13H2,1H3. The molecule has 0 aliphatic heterocycles. The highest BCUT2D eigenvalue weighted by Gasteiger charge is 2.00. The summed E-state index contributed by atoms with van der Waals surface area (Å²) < 4.78 is 5.16. The fourth-order valence-corrected chi connectivity index (χ4v) is 2.90. The first-order valence-corrected chi connectivity index (χ1v) is 8.93. The first kappa shape index (κ1) is 19.1. The minimum Gasteiger partial charge on any atom is -0.497 e. The highest BCUT2D eigenvalue weighted by Crippen LogP contribution is 2.20. The zero-order valence-electron chi connectivity index (χ0n) is 13.9. The third-order valence-corrected chi connectivity index (χ3v) is 4.40. The Morgan fingerprint density at radius 1 is 0.833 bits per heavy atom. The van der Waals surface area contributed by atoms with E-state index < -0.39 is 0 Å². The molecule has 0 bridgehead atoms. The first-order valence-electron chi connectivity index (χ1n) is 8.17. The van der Waals surface area contributed by atoms with Gasteiger partial charge >= 0.3 is 0 Å². The molecular weight excluding hydrogens is 343 g/mol. The molecule has 24 heavy (non-hydrogen) atoms. The van der Waals surface area contributed by atoms with Crippen LogP contribution in [-0.2, 0) is 12.8 Å². The van der Waals surface area contributed by atoms with E-state index in [4.69, 9.17) is 27.9 Å². The molecule has 0 unspecified atom stereocenters. The number of benzene rings is 2. The minimum atomic E-state index is 0.678. The number of methoxy groups -OCH3 is 1. The largest absolute Gasteiger partial charge is 0.497 e. The van der Waals surface area contributed by atoms with Crippen LogP contribution < -0.4 is 15.4 Å². The Kier molecular flexibility index (Phi) is 8.40. The molecule has 0 radical (unpaired) electrons. The van der Waals surface area contributed by atoms with Crippen molar-refractivity contribution in [2.24, 2.45) is 0 Å². The number of rotatable bonds is 10. The summed E-state index contributed by atoms with van der Waals surface area (Å²) in [4.78, 5) is 0. The summed E-state index contributed by atoms with van der Waals surface area (Å²) in [6, 6.07) is 13.9. The Morgan fingerprint density at radius 2 is 1.50 bits per heavy atom. The van der Waals surface area contributed by atoms with E-state index in [1.165, 1.54) is 5.56 Å². The molecular formula is C19H24Cl2N2O. The van der Waals surface area contributed by atoms with Gasteiger partial charge in [0.2, 0.25) is 0 Å². The number of halogens is 2. The van der Waals surface area contributed by atoms with Crippen LogP contribution in [0.1, 0.15) is 11.1 Å². The molecule has 2 aromatic rings. The summed E-state index contributed by atoms with van der Waals surface area (Å²) in [5.74, 6) is 0.900. The molecule has 130 valence electrons. The van der Waals surface area contributed by atoms with E-state index in [0.717, 1.165) is 55.4 Å². The molecule has 2 N–H and O–H groups in total. The van der Waals surface area contributed by atoms with Gasteiger partial charge in [-0.05, 0) is 61.3 Å². The SMILES string of the molecule is COc1ccc(CCNCCNCCc2ccc(Cl)cc2Cl)cc1. The zero-order valence-corrected chi connectivity index (χ0v) is 15.5. The van der Waals surface area contributed by atoms with Gasteiger partial charge in [-0.25, -0.2) is 0 Å². The van der Waals surface area contributed by atoms with Gasteiger partial charge in [-0.2, -0.15) is 0 Å². The first-order chi connectivity index (χ1) is 11.7. The van der Waals surface area contributed by atoms with Gasteiger partial charge in [-0.3, -0.25) is 0 Å². The lowest BCUT2D eigenvalue weighted by Crippen LogP contribution is -2.29. The molecule has 0 heterocycles. The molecule has 2 aromatic carbocycles. The summed E-state index contributed by atoms with van der Waals surface area (Å²) in [7, 11) is 1.68. The molecule has 0 atom stereocenters. The molecule has 0 spiro atoms. The van der Waals surface area contributed by atoms with Crippen LogP contribution in [0, 0.1) is 0 Å². The van der Waals surface area contributed by atoms with Gasteiger partial charge in [0.25, 0.3) is 0 Å². The Labute approximate surface area is 154 Å². The lowest BCUT2D eigenvalue weighted by molar-refractivity contribution is 0.414. The van der Waals surface area contributed by atoms with Crippen molar-refractivity contribution >= 4 is 23.2 Å². The van der Waals surface area contributed by atoms with Crippen LogP contribution in [0.4, 0.5) is 0 Å². The van der Waals surface area contributed by atoms with E-state index in [9.17, 15) is 0 Å². The van der Waals surface area contributed by atoms with E-state index in [1.54, 1.807) is 13.2 Å². The third kappa shape index (κ3) is 6.70. The van der Waals surface area contributed by atoms with Crippen molar-refractivity contribution in [3.8, 4) is 5.75 Å². The summed E-state index contributed by atoms with van der Waals surface area (Å²) in [6.07, 6.45) is 1.92. The fourth-order valence-electron chi connectivity index (χ4n) is 2.40. The number of ether oxygens (including phenoxy) is 1. The van der Waals surface area contributed by atoms with Gasteiger partial charge in [0.1, 0.15) is 5.75 Å². The van der Waals surface area contributed by atoms with Gasteiger partial charge in [0, 0.05) is 23.1 Å². The van der Waals surface area contributed by atoms with Crippen molar-refractivity contribution in [1.82, 2.24) is 10.6 Å². The molecule has 5 heteroatoms. The van der Waals surface area contributed by atoms with Gasteiger partial charge in [-0.15, -0.1) is 0 Å². The average Bonchev–Trinajstić information content (AvgIpc) is 2.59. The Hall–Kier alpha value is -1.26. The minimum absolute atomic E-state index is 0.678. The molecule has 0 saturated carbocycles. The fraction of sp³-hybridized carbons (Fsp3) is 0.368. The van der Waals surface area contributed by atoms with Crippen LogP contribution in [0.15, 0.2) is 42.5 Å². The number of hydrogen-bond acceptors (Lipinski definition) is 3. The predicted molar refractivity (Wildman–Crippen MR) is 103 cm³/mol. The van der Waals surface area contributed by atoms with Gasteiger partial charge in [0.15, 0.2) is 0 Å². The predicted octanol–water partition coefficient (Wildman–Crippen LogP) is 3.97. The second-order valence-electron chi connectivity index (χ2n) is 5.58. The van der Waals surface area contributed by atoms with Crippen molar-refractivity contribution in [3.63, 3.8) is 0 Å². The number of hydrogen-bond donors (Lipinski definition) is 2. The highest BCUT2D eigenvalue weighted by atomic mass is 35.5. The molecule has 0 saturated heterocycles. The van der Waals surface area contributed by atoms with Crippen LogP contribution in [0.2, 0.25) is 10.0 Å². The summed E-state index contributed by atoms with van der Waals surface area (Å²) in [5, 5.41) is 8.28. The second kappa shape index (κ2) is 10.6. The van der Waals surface area contributed by atoms with E-state index in [1.807, 2.05) is 24.3 Å². The normalized spacial score (nSPS) is 10.8. The topological polar surface area (TPSA) is 33.3 Å². The third-order valence-electron chi connectivity index (χ3n) is 3.81. The van der Waals surface area contributed by atoms with Crippen LogP contribution in [0.3, 0.4) is 0 Å². The van der Waals surface area contributed by atoms with Crippen molar-refractivity contribution in [2.75, 3.05) is 33.3 Å². The monoisotopic (exact) mass is 366 g/mol. The van der Waals surface area contributed by atoms with Gasteiger partial charge < -0.3 is 15.4 Å². The van der Waals surface area contributed by atoms with Crippen LogP contribution >= 0.6 is 23.2 Å². The second-order valence-corrected chi connectivity index (χ2v) is 6.43. The van der Waals surface area contributed by atoms with Crippen molar-refractivity contribution < 1.29 is 4.74 Å². The Balaban J connectivity index is 1.52. The maximum absolute atomic E-state index is 6.16. The van der Waals surface area contributed by atoms with E-state index >= 15 is 0 Å². The highest BCUT2D eigenvalue weighted by molar-refractivity contribution is 6.35. The van der Waals surface area contributed by atoms with E-state index in [0.29, 0.717) is 5.02 Å². The van der Waals surface area contributed by atoms with Gasteiger partial charge in [-0.1, -0.05) is 41.4 Å². The molecule has 0 aliphatic rings. The van der Waals surface area contributed by atoms with Crippen LogP contribution in [-0.4, -0.2) is 33.3 Å². The van der Waals surface area contributed by atoms with Crippen LogP contribution in [0.25, 0.3) is 0 Å².